The first-order valence-electron chi connectivity index (χ1n) is 10.2. The summed E-state index contributed by atoms with van der Waals surface area (Å²) in [4.78, 5) is 19.1. The van der Waals surface area contributed by atoms with Crippen molar-refractivity contribution >= 4 is 47.2 Å². The number of thiophene rings is 1. The van der Waals surface area contributed by atoms with Crippen LogP contribution in [0.25, 0.3) is 0 Å². The Balaban J connectivity index is 0.00000480. The van der Waals surface area contributed by atoms with Crippen molar-refractivity contribution in [3.8, 4) is 11.5 Å². The molecule has 2 rings (SSSR count). The van der Waals surface area contributed by atoms with Gasteiger partial charge in [-0.25, -0.2) is 4.99 Å². The van der Waals surface area contributed by atoms with Crippen molar-refractivity contribution < 1.29 is 14.3 Å². The summed E-state index contributed by atoms with van der Waals surface area (Å²) in [6, 6.07) is 10.1. The van der Waals surface area contributed by atoms with Crippen LogP contribution in [-0.4, -0.2) is 57.2 Å². The van der Waals surface area contributed by atoms with E-state index in [1.165, 1.54) is 9.78 Å². The Labute approximate surface area is 206 Å². The van der Waals surface area contributed by atoms with Crippen molar-refractivity contribution in [1.82, 2.24) is 15.5 Å². The van der Waals surface area contributed by atoms with Crippen LogP contribution in [0.1, 0.15) is 24.3 Å². The van der Waals surface area contributed by atoms with Crippen LogP contribution >= 0.6 is 35.3 Å². The highest BCUT2D eigenvalue weighted by atomic mass is 127. The fourth-order valence-electron chi connectivity index (χ4n) is 2.62. The summed E-state index contributed by atoms with van der Waals surface area (Å²) < 4.78 is 11.3. The number of carbonyl (C=O) groups is 1. The van der Waals surface area contributed by atoms with E-state index in [9.17, 15) is 4.79 Å². The molecule has 31 heavy (non-hydrogen) atoms. The Morgan fingerprint density at radius 1 is 1.10 bits per heavy atom. The fourth-order valence-corrected chi connectivity index (χ4v) is 3.27. The molecule has 0 unspecified atom stereocenters. The molecule has 0 atom stereocenters. The van der Waals surface area contributed by atoms with Crippen LogP contribution in [0.3, 0.4) is 0 Å². The maximum Gasteiger partial charge on any atom is 0.243 e. The lowest BCUT2D eigenvalue weighted by atomic mass is 10.1. The monoisotopic (exact) mass is 560 g/mol. The van der Waals surface area contributed by atoms with E-state index in [1.54, 1.807) is 25.4 Å². The first-order chi connectivity index (χ1) is 14.5. The first kappa shape index (κ1) is 27.0. The molecule has 7 nitrogen and oxygen atoms in total. The van der Waals surface area contributed by atoms with Gasteiger partial charge < -0.3 is 25.0 Å². The van der Waals surface area contributed by atoms with Crippen molar-refractivity contribution in [2.75, 3.05) is 40.4 Å². The quantitative estimate of drug-likeness (QED) is 0.250. The number of rotatable bonds is 11. The fraction of sp³-hybridized carbons (Fsp3) is 0.455. The van der Waals surface area contributed by atoms with Gasteiger partial charge in [-0.1, -0.05) is 12.1 Å². The molecule has 172 valence electrons. The topological polar surface area (TPSA) is 75.2 Å². The van der Waals surface area contributed by atoms with Crippen LogP contribution in [-0.2, 0) is 17.8 Å². The van der Waals surface area contributed by atoms with Gasteiger partial charge in [-0.2, -0.15) is 0 Å². The molecule has 1 amide bonds. The lowest BCUT2D eigenvalue weighted by molar-refractivity contribution is -0.127. The largest absolute Gasteiger partial charge is 0.490 e. The minimum Gasteiger partial charge on any atom is -0.490 e. The Bertz CT molecular complexity index is 813. The van der Waals surface area contributed by atoms with E-state index in [1.807, 2.05) is 43.5 Å². The maximum atomic E-state index is 11.9. The lowest BCUT2D eigenvalue weighted by Gasteiger charge is -2.15. The molecule has 0 aliphatic carbocycles. The number of halogens is 1. The van der Waals surface area contributed by atoms with Crippen LogP contribution in [0.4, 0.5) is 0 Å². The normalized spacial score (nSPS) is 10.8. The molecule has 1 aromatic carbocycles. The number of hydrogen-bond acceptors (Lipinski definition) is 5. The number of likely N-dealkylation sites (N-methyl/N-ethyl adjacent to an activating group) is 1. The standard InChI is InChI=1S/C22H32N4O3S.HI/c1-5-28-19-10-9-17(14-20(19)29-6-2)11-12-23-22(25-16-21(27)26(3)4)24-15-18-8-7-13-30-18;/h7-10,13-14H,5-6,11-12,15-16H2,1-4H3,(H2,23,24,25);1H. The third-order valence-corrected chi connectivity index (χ3v) is 5.07. The molecular weight excluding hydrogens is 527 g/mol. The highest BCUT2D eigenvalue weighted by Gasteiger charge is 2.08. The third-order valence-electron chi connectivity index (χ3n) is 4.20. The van der Waals surface area contributed by atoms with E-state index in [4.69, 9.17) is 9.47 Å². The summed E-state index contributed by atoms with van der Waals surface area (Å²) in [5.74, 6) is 2.10. The summed E-state index contributed by atoms with van der Waals surface area (Å²) in [5.41, 5.74) is 1.14. The number of nitrogens with one attached hydrogen (secondary N) is 2. The molecule has 0 bridgehead atoms. The Kier molecular flexibility index (Phi) is 13.0. The number of amides is 1. The average Bonchev–Trinajstić information content (AvgIpc) is 3.25. The number of hydrogen-bond donors (Lipinski definition) is 2. The molecule has 0 aliphatic heterocycles. The zero-order chi connectivity index (χ0) is 21.8. The third kappa shape index (κ3) is 9.77. The number of ether oxygens (including phenoxy) is 2. The van der Waals surface area contributed by atoms with Crippen molar-refractivity contribution in [2.24, 2.45) is 4.99 Å². The van der Waals surface area contributed by atoms with Gasteiger partial charge in [0.05, 0.1) is 19.8 Å². The Hall–Kier alpha value is -2.01. The average molecular weight is 561 g/mol. The van der Waals surface area contributed by atoms with E-state index < -0.39 is 0 Å². The maximum absolute atomic E-state index is 11.9. The second-order valence-electron chi connectivity index (χ2n) is 6.71. The molecule has 1 aromatic heterocycles. The summed E-state index contributed by atoms with van der Waals surface area (Å²) in [6.07, 6.45) is 0.786. The van der Waals surface area contributed by atoms with Crippen LogP contribution in [0.15, 0.2) is 40.7 Å². The number of carbonyl (C=O) groups excluding carboxylic acids is 1. The summed E-state index contributed by atoms with van der Waals surface area (Å²) in [6.45, 7) is 6.54. The van der Waals surface area contributed by atoms with E-state index in [0.29, 0.717) is 32.3 Å². The summed E-state index contributed by atoms with van der Waals surface area (Å²) in [5, 5.41) is 8.65. The van der Waals surface area contributed by atoms with Gasteiger partial charge in [-0.05, 0) is 49.4 Å². The molecule has 0 saturated carbocycles. The van der Waals surface area contributed by atoms with E-state index >= 15 is 0 Å². The number of nitrogens with zero attached hydrogens (tertiary/aromatic N) is 2. The second-order valence-corrected chi connectivity index (χ2v) is 7.74. The van der Waals surface area contributed by atoms with Crippen LogP contribution in [0.5, 0.6) is 11.5 Å². The number of benzene rings is 1. The molecule has 0 saturated heterocycles. The summed E-state index contributed by atoms with van der Waals surface area (Å²) in [7, 11) is 3.46. The molecule has 0 spiro atoms. The smallest absolute Gasteiger partial charge is 0.243 e. The predicted octanol–water partition coefficient (Wildman–Crippen LogP) is 3.53. The van der Waals surface area contributed by atoms with Crippen LogP contribution < -0.4 is 20.1 Å². The molecule has 0 fully saturated rings. The van der Waals surface area contributed by atoms with E-state index in [-0.39, 0.29) is 36.4 Å². The molecule has 2 aromatic rings. The van der Waals surface area contributed by atoms with Gasteiger partial charge in [-0.15, -0.1) is 35.3 Å². The molecule has 0 aliphatic rings. The lowest BCUT2D eigenvalue weighted by Crippen LogP contribution is -2.39. The molecule has 9 heteroatoms. The van der Waals surface area contributed by atoms with Gasteiger partial charge in [-0.3, -0.25) is 4.79 Å². The minimum atomic E-state index is -0.0416. The first-order valence-corrected chi connectivity index (χ1v) is 11.0. The highest BCUT2D eigenvalue weighted by molar-refractivity contribution is 14.0. The Morgan fingerprint density at radius 3 is 2.48 bits per heavy atom. The number of guanidine groups is 1. The summed E-state index contributed by atoms with van der Waals surface area (Å²) >= 11 is 1.68. The SMILES string of the molecule is CCOc1ccc(CCNC(=NCC(=O)N(C)C)NCc2cccs2)cc1OCC.I. The van der Waals surface area contributed by atoms with Gasteiger partial charge in [0.25, 0.3) is 0 Å². The second kappa shape index (κ2) is 14.9. The van der Waals surface area contributed by atoms with E-state index in [0.717, 1.165) is 23.5 Å². The number of aliphatic imine (C=N–C) groups is 1. The van der Waals surface area contributed by atoms with Gasteiger partial charge in [0, 0.05) is 25.5 Å². The highest BCUT2D eigenvalue weighted by Crippen LogP contribution is 2.28. The van der Waals surface area contributed by atoms with Crippen LogP contribution in [0.2, 0.25) is 0 Å². The minimum absolute atomic E-state index is 0. The van der Waals surface area contributed by atoms with Gasteiger partial charge in [0.1, 0.15) is 6.54 Å². The van der Waals surface area contributed by atoms with Crippen molar-refractivity contribution in [2.45, 2.75) is 26.8 Å². The Morgan fingerprint density at radius 2 is 1.84 bits per heavy atom. The van der Waals surface area contributed by atoms with Crippen molar-refractivity contribution in [3.63, 3.8) is 0 Å². The zero-order valence-electron chi connectivity index (χ0n) is 18.6. The van der Waals surface area contributed by atoms with Crippen LogP contribution in [0, 0.1) is 0 Å². The van der Waals surface area contributed by atoms with Gasteiger partial charge in [0.15, 0.2) is 17.5 Å². The van der Waals surface area contributed by atoms with Gasteiger partial charge >= 0.3 is 0 Å². The zero-order valence-corrected chi connectivity index (χ0v) is 21.8. The molecule has 1 heterocycles. The molecule has 0 radical (unpaired) electrons. The van der Waals surface area contributed by atoms with E-state index in [2.05, 4.69) is 21.7 Å². The van der Waals surface area contributed by atoms with Crippen molar-refractivity contribution in [3.05, 3.63) is 46.2 Å². The molecule has 2 N–H and O–H groups in total. The molecular formula is C22H33IN4O3S. The predicted molar refractivity (Wildman–Crippen MR) is 138 cm³/mol. The van der Waals surface area contributed by atoms with Gasteiger partial charge in [0.2, 0.25) is 5.91 Å². The van der Waals surface area contributed by atoms with Crippen molar-refractivity contribution in [1.29, 1.82) is 0 Å².